The molecule has 3 N–H and O–H groups in total. The summed E-state index contributed by atoms with van der Waals surface area (Å²) in [4.78, 5) is 4.37. The van der Waals surface area contributed by atoms with Crippen molar-refractivity contribution in [2.45, 2.75) is 17.4 Å². The van der Waals surface area contributed by atoms with Crippen LogP contribution in [0.5, 0.6) is 0 Å². The average Bonchev–Trinajstić information content (AvgIpc) is 2.91. The Morgan fingerprint density at radius 2 is 2.20 bits per heavy atom. The molecular weight excluding hydrogens is 294 g/mol. The summed E-state index contributed by atoms with van der Waals surface area (Å²) >= 11 is 1.76. The molecule has 2 aromatic rings. The highest BCUT2D eigenvalue weighted by molar-refractivity contribution is 7.99. The van der Waals surface area contributed by atoms with E-state index in [2.05, 4.69) is 9.71 Å². The lowest BCUT2D eigenvalue weighted by molar-refractivity contribution is 0.564. The molecule has 1 aromatic heterocycles. The van der Waals surface area contributed by atoms with E-state index >= 15 is 0 Å². The second kappa shape index (κ2) is 5.23. The molecule has 5 nitrogen and oxygen atoms in total. The summed E-state index contributed by atoms with van der Waals surface area (Å²) in [5.41, 5.74) is 6.83. The fourth-order valence-electron chi connectivity index (χ4n) is 2.30. The van der Waals surface area contributed by atoms with Gasteiger partial charge in [-0.1, -0.05) is 0 Å². The van der Waals surface area contributed by atoms with Gasteiger partial charge >= 0.3 is 0 Å². The van der Waals surface area contributed by atoms with Crippen LogP contribution in [0.15, 0.2) is 35.4 Å². The summed E-state index contributed by atoms with van der Waals surface area (Å²) in [6, 6.07) is 6.66. The number of sulfonamides is 1. The largest absolute Gasteiger partial charge is 0.398 e. The van der Waals surface area contributed by atoms with Crippen molar-refractivity contribution < 1.29 is 8.42 Å². The van der Waals surface area contributed by atoms with Crippen LogP contribution in [0.3, 0.4) is 0 Å². The first-order valence-electron chi connectivity index (χ1n) is 6.31. The Labute approximate surface area is 122 Å². The number of rotatable bonds is 3. The first-order valence-corrected chi connectivity index (χ1v) is 8.95. The van der Waals surface area contributed by atoms with Gasteiger partial charge in [0.15, 0.2) is 0 Å². The Morgan fingerprint density at radius 3 is 2.95 bits per heavy atom. The van der Waals surface area contributed by atoms with Crippen LogP contribution in [-0.4, -0.2) is 30.9 Å². The van der Waals surface area contributed by atoms with Crippen molar-refractivity contribution in [1.29, 1.82) is 0 Å². The number of hydrogen-bond acceptors (Lipinski definition) is 5. The number of thioether (sulfide) groups is 1. The Bertz CT molecular complexity index is 740. The van der Waals surface area contributed by atoms with E-state index in [0.717, 1.165) is 17.9 Å². The second-order valence-electron chi connectivity index (χ2n) is 4.73. The lowest BCUT2D eigenvalue weighted by Gasteiger charge is -2.13. The highest BCUT2D eigenvalue weighted by Gasteiger charge is 2.25. The van der Waals surface area contributed by atoms with Crippen LogP contribution in [-0.2, 0) is 10.0 Å². The van der Waals surface area contributed by atoms with Crippen molar-refractivity contribution in [3.63, 3.8) is 0 Å². The van der Waals surface area contributed by atoms with Crippen molar-refractivity contribution in [3.05, 3.63) is 30.5 Å². The molecule has 7 heteroatoms. The van der Waals surface area contributed by atoms with Crippen molar-refractivity contribution >= 4 is 38.4 Å². The molecule has 20 heavy (non-hydrogen) atoms. The lowest BCUT2D eigenvalue weighted by atomic mass is 10.2. The molecule has 0 aliphatic carbocycles. The Balaban J connectivity index is 2.07. The molecule has 1 unspecified atom stereocenters. The van der Waals surface area contributed by atoms with Gasteiger partial charge in [-0.25, -0.2) is 13.1 Å². The number of aromatic nitrogens is 1. The number of fused-ring (bicyclic) bond motifs is 1. The van der Waals surface area contributed by atoms with E-state index in [1.807, 2.05) is 0 Å². The summed E-state index contributed by atoms with van der Waals surface area (Å²) in [5, 5.41) is 0.663. The van der Waals surface area contributed by atoms with Gasteiger partial charge in [-0.15, -0.1) is 0 Å². The Kier molecular flexibility index (Phi) is 3.57. The van der Waals surface area contributed by atoms with Crippen LogP contribution in [0.1, 0.15) is 6.42 Å². The third-order valence-corrected chi connectivity index (χ3v) is 6.02. The van der Waals surface area contributed by atoms with Gasteiger partial charge in [-0.3, -0.25) is 4.98 Å². The highest BCUT2D eigenvalue weighted by atomic mass is 32.2. The van der Waals surface area contributed by atoms with Crippen LogP contribution in [0.4, 0.5) is 5.69 Å². The van der Waals surface area contributed by atoms with E-state index < -0.39 is 10.0 Å². The van der Waals surface area contributed by atoms with Gasteiger partial charge in [0, 0.05) is 29.1 Å². The zero-order chi connectivity index (χ0) is 14.2. The molecule has 0 saturated carbocycles. The zero-order valence-corrected chi connectivity index (χ0v) is 12.4. The molecule has 1 atom stereocenters. The minimum absolute atomic E-state index is 0.00122. The smallest absolute Gasteiger partial charge is 0.243 e. The zero-order valence-electron chi connectivity index (χ0n) is 10.7. The van der Waals surface area contributed by atoms with Gasteiger partial charge in [0.05, 0.1) is 5.52 Å². The van der Waals surface area contributed by atoms with Crippen LogP contribution >= 0.6 is 11.8 Å². The first-order chi connectivity index (χ1) is 9.58. The summed E-state index contributed by atoms with van der Waals surface area (Å²) in [7, 11) is -3.57. The minimum Gasteiger partial charge on any atom is -0.398 e. The van der Waals surface area contributed by atoms with Gasteiger partial charge in [0.2, 0.25) is 10.0 Å². The third kappa shape index (κ3) is 2.48. The summed E-state index contributed by atoms with van der Waals surface area (Å²) in [6.07, 6.45) is 2.44. The topological polar surface area (TPSA) is 85.1 Å². The van der Waals surface area contributed by atoms with E-state index in [-0.39, 0.29) is 10.9 Å². The van der Waals surface area contributed by atoms with Crippen molar-refractivity contribution in [3.8, 4) is 0 Å². The Morgan fingerprint density at radius 1 is 1.35 bits per heavy atom. The summed E-state index contributed by atoms with van der Waals surface area (Å²) in [6.45, 7) is 0. The summed E-state index contributed by atoms with van der Waals surface area (Å²) < 4.78 is 27.8. The molecule has 1 saturated heterocycles. The predicted octanol–water partition coefficient (Wildman–Crippen LogP) is 1.60. The maximum absolute atomic E-state index is 12.5. The molecule has 1 aliphatic heterocycles. The lowest BCUT2D eigenvalue weighted by Crippen LogP contribution is -2.34. The number of nitrogen functional groups attached to an aromatic ring is 1. The second-order valence-corrected chi connectivity index (χ2v) is 7.57. The summed E-state index contributed by atoms with van der Waals surface area (Å²) in [5.74, 6) is 1.81. The first kappa shape index (κ1) is 13.7. The molecule has 1 aliphatic rings. The number of nitrogens with zero attached hydrogens (tertiary/aromatic N) is 1. The van der Waals surface area contributed by atoms with Crippen LogP contribution in [0, 0.1) is 0 Å². The SMILES string of the molecule is Nc1ccc(S(=O)(=O)NC2CCSC2)c2ncccc12. The van der Waals surface area contributed by atoms with E-state index in [1.54, 1.807) is 36.2 Å². The fraction of sp³-hybridized carbons (Fsp3) is 0.308. The van der Waals surface area contributed by atoms with Gasteiger partial charge in [-0.05, 0) is 36.4 Å². The monoisotopic (exact) mass is 309 g/mol. The van der Waals surface area contributed by atoms with Crippen LogP contribution in [0.2, 0.25) is 0 Å². The van der Waals surface area contributed by atoms with Gasteiger partial charge in [0.25, 0.3) is 0 Å². The van der Waals surface area contributed by atoms with Crippen molar-refractivity contribution in [2.75, 3.05) is 17.2 Å². The number of nitrogens with one attached hydrogen (secondary N) is 1. The highest BCUT2D eigenvalue weighted by Crippen LogP contribution is 2.27. The molecule has 1 aromatic carbocycles. The predicted molar refractivity (Wildman–Crippen MR) is 82.2 cm³/mol. The van der Waals surface area contributed by atoms with Gasteiger partial charge in [-0.2, -0.15) is 11.8 Å². The molecule has 0 radical (unpaired) electrons. The number of anilines is 1. The molecule has 2 heterocycles. The van der Waals surface area contributed by atoms with E-state index in [1.165, 1.54) is 6.07 Å². The number of pyridine rings is 1. The van der Waals surface area contributed by atoms with Crippen LogP contribution in [0.25, 0.3) is 10.9 Å². The maximum atomic E-state index is 12.5. The molecule has 0 spiro atoms. The van der Waals surface area contributed by atoms with Crippen LogP contribution < -0.4 is 10.5 Å². The maximum Gasteiger partial charge on any atom is 0.243 e. The Hall–Kier alpha value is -1.31. The molecular formula is C13H15N3O2S2. The van der Waals surface area contributed by atoms with E-state index in [9.17, 15) is 8.42 Å². The average molecular weight is 309 g/mol. The molecule has 3 rings (SSSR count). The quantitative estimate of drug-likeness (QED) is 0.841. The third-order valence-electron chi connectivity index (χ3n) is 3.31. The molecule has 106 valence electrons. The minimum atomic E-state index is -3.57. The standard InChI is InChI=1S/C13H15N3O2S2/c14-11-3-4-12(13-10(11)2-1-6-15-13)20(17,18)16-9-5-7-19-8-9/h1-4,6,9,16H,5,7-8,14H2. The van der Waals surface area contributed by atoms with Gasteiger partial charge in [0.1, 0.15) is 4.90 Å². The van der Waals surface area contributed by atoms with Crippen molar-refractivity contribution in [2.24, 2.45) is 0 Å². The molecule has 0 amide bonds. The van der Waals surface area contributed by atoms with Crippen molar-refractivity contribution in [1.82, 2.24) is 9.71 Å². The normalized spacial score (nSPS) is 19.5. The van der Waals surface area contributed by atoms with Gasteiger partial charge < -0.3 is 5.73 Å². The number of nitrogens with two attached hydrogens (primary N) is 1. The molecule has 0 bridgehead atoms. The fourth-order valence-corrected chi connectivity index (χ4v) is 4.99. The molecule has 1 fully saturated rings. The van der Waals surface area contributed by atoms with E-state index in [0.29, 0.717) is 16.6 Å². The number of benzene rings is 1. The van der Waals surface area contributed by atoms with E-state index in [4.69, 9.17) is 5.73 Å². The number of hydrogen-bond donors (Lipinski definition) is 2.